The molecule has 0 spiro atoms. The van der Waals surface area contributed by atoms with Crippen LogP contribution < -0.4 is 0 Å². The second-order valence-corrected chi connectivity index (χ2v) is 6.99. The van der Waals surface area contributed by atoms with Crippen molar-refractivity contribution < 1.29 is 19.1 Å². The van der Waals surface area contributed by atoms with Gasteiger partial charge in [0.1, 0.15) is 6.54 Å². The Morgan fingerprint density at radius 1 is 1.19 bits per heavy atom. The van der Waals surface area contributed by atoms with E-state index in [9.17, 15) is 14.4 Å². The number of carbonyl (C=O) groups excluding carboxylic acids is 3. The fourth-order valence-electron chi connectivity index (χ4n) is 2.48. The molecule has 3 rings (SSSR count). The summed E-state index contributed by atoms with van der Waals surface area (Å²) >= 11 is 0.824. The topological polar surface area (TPSA) is 68.6 Å². The van der Waals surface area contributed by atoms with E-state index in [0.29, 0.717) is 0 Å². The smallest absolute Gasteiger partial charge is 0.326 e. The highest BCUT2D eigenvalue weighted by Crippen LogP contribution is 2.32. The van der Waals surface area contributed by atoms with Gasteiger partial charge in [-0.25, -0.2) is 0 Å². The molecule has 1 aliphatic rings. The molecule has 6 nitrogen and oxygen atoms in total. The fourth-order valence-corrected chi connectivity index (χ4v) is 3.31. The van der Waals surface area contributed by atoms with E-state index >= 15 is 0 Å². The molecule has 0 saturated carbocycles. The SMILES string of the molecule is CC(C)OC(=O)CN1C(=O)S/C(=C\c2ccn(-c3ccccc3)c2)C1=O. The van der Waals surface area contributed by atoms with Gasteiger partial charge in [-0.3, -0.25) is 19.3 Å². The minimum absolute atomic E-state index is 0.290. The van der Waals surface area contributed by atoms with Crippen LogP contribution in [0.3, 0.4) is 0 Å². The van der Waals surface area contributed by atoms with Gasteiger partial charge in [0, 0.05) is 18.1 Å². The minimum Gasteiger partial charge on any atom is -0.462 e. The van der Waals surface area contributed by atoms with Crippen LogP contribution in [0.4, 0.5) is 4.79 Å². The van der Waals surface area contributed by atoms with Gasteiger partial charge in [0.25, 0.3) is 11.1 Å². The van der Waals surface area contributed by atoms with Gasteiger partial charge < -0.3 is 9.30 Å². The molecule has 0 bridgehead atoms. The van der Waals surface area contributed by atoms with Crippen molar-refractivity contribution >= 4 is 35.0 Å². The molecule has 0 unspecified atom stereocenters. The number of thioether (sulfide) groups is 1. The predicted molar refractivity (Wildman–Crippen MR) is 99.7 cm³/mol. The summed E-state index contributed by atoms with van der Waals surface area (Å²) in [6, 6.07) is 11.6. The van der Waals surface area contributed by atoms with Crippen LogP contribution in [0.1, 0.15) is 19.4 Å². The van der Waals surface area contributed by atoms with Gasteiger partial charge in [0.15, 0.2) is 0 Å². The molecule has 134 valence electrons. The number of esters is 1. The lowest BCUT2D eigenvalue weighted by atomic mass is 10.3. The van der Waals surface area contributed by atoms with Crippen LogP contribution in [0.25, 0.3) is 11.8 Å². The Morgan fingerprint density at radius 3 is 2.62 bits per heavy atom. The molecule has 0 aliphatic carbocycles. The van der Waals surface area contributed by atoms with Crippen molar-refractivity contribution in [3.8, 4) is 5.69 Å². The van der Waals surface area contributed by atoms with Crippen molar-refractivity contribution in [1.82, 2.24) is 9.47 Å². The standard InChI is InChI=1S/C19H18N2O4S/c1-13(2)25-17(22)12-21-18(23)16(26-19(21)24)10-14-8-9-20(11-14)15-6-4-3-5-7-15/h3-11,13H,12H2,1-2H3/b16-10-. The van der Waals surface area contributed by atoms with Crippen LogP contribution in [0.5, 0.6) is 0 Å². The van der Waals surface area contributed by atoms with Crippen LogP contribution in [-0.2, 0) is 14.3 Å². The first-order chi connectivity index (χ1) is 12.4. The van der Waals surface area contributed by atoms with Crippen molar-refractivity contribution in [2.24, 2.45) is 0 Å². The molecular weight excluding hydrogens is 352 g/mol. The summed E-state index contributed by atoms with van der Waals surface area (Å²) < 4.78 is 6.92. The summed E-state index contributed by atoms with van der Waals surface area (Å²) in [7, 11) is 0. The molecule has 0 radical (unpaired) electrons. The van der Waals surface area contributed by atoms with Crippen LogP contribution in [0.2, 0.25) is 0 Å². The molecule has 2 amide bonds. The number of aromatic nitrogens is 1. The average molecular weight is 370 g/mol. The van der Waals surface area contributed by atoms with Crippen molar-refractivity contribution in [3.05, 3.63) is 59.3 Å². The molecule has 2 aromatic rings. The van der Waals surface area contributed by atoms with E-state index in [4.69, 9.17) is 4.74 Å². The molecule has 2 heterocycles. The van der Waals surface area contributed by atoms with Crippen molar-refractivity contribution in [1.29, 1.82) is 0 Å². The van der Waals surface area contributed by atoms with Crippen molar-refractivity contribution in [2.45, 2.75) is 20.0 Å². The molecule has 0 atom stereocenters. The van der Waals surface area contributed by atoms with E-state index in [0.717, 1.165) is 27.9 Å². The van der Waals surface area contributed by atoms with Crippen molar-refractivity contribution in [3.63, 3.8) is 0 Å². The zero-order chi connectivity index (χ0) is 18.7. The molecule has 1 fully saturated rings. The van der Waals surface area contributed by atoms with Crippen LogP contribution in [-0.4, -0.2) is 39.2 Å². The Morgan fingerprint density at radius 2 is 1.92 bits per heavy atom. The van der Waals surface area contributed by atoms with E-state index in [-0.39, 0.29) is 17.6 Å². The van der Waals surface area contributed by atoms with Gasteiger partial charge in [-0.15, -0.1) is 0 Å². The Labute approximate surface area is 155 Å². The van der Waals surface area contributed by atoms with E-state index in [1.165, 1.54) is 0 Å². The number of nitrogens with zero attached hydrogens (tertiary/aromatic N) is 2. The summed E-state index contributed by atoms with van der Waals surface area (Å²) in [5.41, 5.74) is 1.79. The molecule has 1 saturated heterocycles. The normalized spacial score (nSPS) is 16.0. The van der Waals surface area contributed by atoms with Gasteiger partial charge in [-0.05, 0) is 55.4 Å². The zero-order valence-corrected chi connectivity index (χ0v) is 15.2. The number of amides is 2. The molecule has 1 aromatic heterocycles. The monoisotopic (exact) mass is 370 g/mol. The Bertz CT molecular complexity index is 871. The summed E-state index contributed by atoms with van der Waals surface area (Å²) in [6.45, 7) is 3.05. The maximum absolute atomic E-state index is 12.4. The number of carbonyl (C=O) groups is 3. The Kier molecular flexibility index (Phi) is 5.27. The van der Waals surface area contributed by atoms with Gasteiger partial charge in [0.05, 0.1) is 11.0 Å². The van der Waals surface area contributed by atoms with Crippen LogP contribution >= 0.6 is 11.8 Å². The van der Waals surface area contributed by atoms with Crippen LogP contribution in [0, 0.1) is 0 Å². The third-order valence-corrected chi connectivity index (χ3v) is 4.50. The lowest BCUT2D eigenvalue weighted by Gasteiger charge is -2.13. The largest absolute Gasteiger partial charge is 0.462 e. The first-order valence-electron chi connectivity index (χ1n) is 8.12. The number of hydrogen-bond donors (Lipinski definition) is 0. The lowest BCUT2D eigenvalue weighted by Crippen LogP contribution is -2.35. The summed E-state index contributed by atoms with van der Waals surface area (Å²) in [5.74, 6) is -1.08. The van der Waals surface area contributed by atoms with E-state index in [1.54, 1.807) is 19.9 Å². The highest BCUT2D eigenvalue weighted by molar-refractivity contribution is 8.18. The van der Waals surface area contributed by atoms with Crippen molar-refractivity contribution in [2.75, 3.05) is 6.54 Å². The number of para-hydroxylation sites is 1. The minimum atomic E-state index is -0.598. The molecular formula is C19H18N2O4S. The predicted octanol–water partition coefficient (Wildman–Crippen LogP) is 3.47. The molecule has 26 heavy (non-hydrogen) atoms. The Balaban J connectivity index is 1.74. The number of ether oxygens (including phenoxy) is 1. The lowest BCUT2D eigenvalue weighted by molar-refractivity contribution is -0.149. The first kappa shape index (κ1) is 18.0. The first-order valence-corrected chi connectivity index (χ1v) is 8.94. The van der Waals surface area contributed by atoms with Gasteiger partial charge in [-0.1, -0.05) is 18.2 Å². The van der Waals surface area contributed by atoms with Gasteiger partial charge >= 0.3 is 5.97 Å². The number of benzene rings is 1. The highest BCUT2D eigenvalue weighted by Gasteiger charge is 2.36. The average Bonchev–Trinajstić information content (AvgIpc) is 3.16. The van der Waals surface area contributed by atoms with Gasteiger partial charge in [0.2, 0.25) is 0 Å². The number of hydrogen-bond acceptors (Lipinski definition) is 5. The van der Waals surface area contributed by atoms with E-state index in [1.807, 2.05) is 53.4 Å². The molecule has 1 aromatic carbocycles. The number of imide groups is 1. The summed E-state index contributed by atoms with van der Waals surface area (Å²) in [4.78, 5) is 37.4. The third-order valence-electron chi connectivity index (χ3n) is 3.60. The number of rotatable bonds is 5. The maximum Gasteiger partial charge on any atom is 0.326 e. The van der Waals surface area contributed by atoms with Crippen LogP contribution in [0.15, 0.2) is 53.7 Å². The Hall–Kier alpha value is -2.80. The fraction of sp³-hybridized carbons (Fsp3) is 0.211. The third kappa shape index (κ3) is 4.05. The van der Waals surface area contributed by atoms with E-state index < -0.39 is 17.1 Å². The summed E-state index contributed by atoms with van der Waals surface area (Å²) in [5, 5.41) is -0.468. The maximum atomic E-state index is 12.4. The van der Waals surface area contributed by atoms with E-state index in [2.05, 4.69) is 0 Å². The van der Waals surface area contributed by atoms with Gasteiger partial charge in [-0.2, -0.15) is 0 Å². The second kappa shape index (κ2) is 7.61. The summed E-state index contributed by atoms with van der Waals surface area (Å²) in [6.07, 6.45) is 5.11. The highest BCUT2D eigenvalue weighted by atomic mass is 32.2. The zero-order valence-electron chi connectivity index (χ0n) is 14.4. The quantitative estimate of drug-likeness (QED) is 0.595. The molecule has 7 heteroatoms. The second-order valence-electron chi connectivity index (χ2n) is 5.99. The molecule has 1 aliphatic heterocycles. The molecule has 0 N–H and O–H groups in total.